The van der Waals surface area contributed by atoms with Crippen LogP contribution in [0.2, 0.25) is 0 Å². The van der Waals surface area contributed by atoms with Crippen molar-refractivity contribution in [2.45, 2.75) is 26.2 Å². The zero-order chi connectivity index (χ0) is 14.0. The molecule has 2 rings (SSSR count). The van der Waals surface area contributed by atoms with E-state index >= 15 is 0 Å². The molecule has 0 radical (unpaired) electrons. The first-order chi connectivity index (χ1) is 8.97. The van der Waals surface area contributed by atoms with Crippen LogP contribution in [0, 0.1) is 11.3 Å². The first-order valence-corrected chi connectivity index (χ1v) is 6.05. The first kappa shape index (κ1) is 13.1. The fourth-order valence-electron chi connectivity index (χ4n) is 1.73. The zero-order valence-electron chi connectivity index (χ0n) is 11.2. The third-order valence-electron chi connectivity index (χ3n) is 2.94. The molecule has 98 valence electrons. The molecular weight excluding hydrogens is 242 g/mol. The smallest absolute Gasteiger partial charge is 0.358 e. The third kappa shape index (κ3) is 2.43. The van der Waals surface area contributed by atoms with Crippen LogP contribution in [0.25, 0.3) is 5.65 Å². The maximum absolute atomic E-state index is 11.6. The van der Waals surface area contributed by atoms with Crippen molar-refractivity contribution in [1.29, 1.82) is 5.26 Å². The Labute approximate surface area is 111 Å². The molecule has 0 aliphatic heterocycles. The molecule has 2 aromatic heterocycles. The van der Waals surface area contributed by atoms with E-state index in [0.717, 1.165) is 5.56 Å². The standard InChI is InChI=1S/C14H15N3O2/c1-4-19-13(18)11-8-17-7-10(14(2,3)9-15)5-6-12(17)16-11/h5-8H,4H2,1-3H3. The maximum atomic E-state index is 11.6. The highest BCUT2D eigenvalue weighted by atomic mass is 16.5. The summed E-state index contributed by atoms with van der Waals surface area (Å²) < 4.78 is 6.65. The topological polar surface area (TPSA) is 67.4 Å². The third-order valence-corrected chi connectivity index (χ3v) is 2.94. The molecule has 0 aromatic carbocycles. The Bertz CT molecular complexity index is 665. The molecule has 0 fully saturated rings. The first-order valence-electron chi connectivity index (χ1n) is 6.05. The van der Waals surface area contributed by atoms with Crippen LogP contribution in [0.1, 0.15) is 36.8 Å². The van der Waals surface area contributed by atoms with Crippen molar-refractivity contribution in [1.82, 2.24) is 9.38 Å². The van der Waals surface area contributed by atoms with E-state index in [0.29, 0.717) is 12.3 Å². The van der Waals surface area contributed by atoms with Crippen LogP contribution in [-0.2, 0) is 10.2 Å². The molecule has 5 nitrogen and oxygen atoms in total. The van der Waals surface area contributed by atoms with E-state index in [1.165, 1.54) is 0 Å². The number of fused-ring (bicyclic) bond motifs is 1. The zero-order valence-corrected chi connectivity index (χ0v) is 11.2. The summed E-state index contributed by atoms with van der Waals surface area (Å²) in [5, 5.41) is 9.13. The van der Waals surface area contributed by atoms with E-state index in [2.05, 4.69) is 11.1 Å². The Balaban J connectivity index is 2.45. The molecule has 0 spiro atoms. The molecule has 2 heterocycles. The Kier molecular flexibility index (Phi) is 3.26. The van der Waals surface area contributed by atoms with Crippen LogP contribution < -0.4 is 0 Å². The lowest BCUT2D eigenvalue weighted by Crippen LogP contribution is -2.14. The van der Waals surface area contributed by atoms with E-state index in [1.807, 2.05) is 26.1 Å². The van der Waals surface area contributed by atoms with Crippen molar-refractivity contribution >= 4 is 11.6 Å². The van der Waals surface area contributed by atoms with Gasteiger partial charge in [0.25, 0.3) is 0 Å². The van der Waals surface area contributed by atoms with Crippen LogP contribution in [0.4, 0.5) is 0 Å². The Morgan fingerprint density at radius 3 is 2.84 bits per heavy atom. The highest BCUT2D eigenvalue weighted by molar-refractivity contribution is 5.87. The number of nitrogens with zero attached hydrogens (tertiary/aromatic N) is 3. The van der Waals surface area contributed by atoms with E-state index in [4.69, 9.17) is 10.00 Å². The van der Waals surface area contributed by atoms with Gasteiger partial charge < -0.3 is 9.14 Å². The lowest BCUT2D eigenvalue weighted by Gasteiger charge is -2.15. The van der Waals surface area contributed by atoms with Gasteiger partial charge in [-0.05, 0) is 32.4 Å². The molecule has 0 atom stereocenters. The number of hydrogen-bond donors (Lipinski definition) is 0. The Morgan fingerprint density at radius 1 is 1.47 bits per heavy atom. The number of carbonyl (C=O) groups is 1. The Morgan fingerprint density at radius 2 is 2.21 bits per heavy atom. The molecule has 2 aromatic rings. The lowest BCUT2D eigenvalue weighted by atomic mass is 9.88. The maximum Gasteiger partial charge on any atom is 0.358 e. The van der Waals surface area contributed by atoms with Gasteiger partial charge in [-0.3, -0.25) is 0 Å². The fraction of sp³-hybridized carbons (Fsp3) is 0.357. The van der Waals surface area contributed by atoms with E-state index in [1.54, 1.807) is 23.6 Å². The molecule has 0 unspecified atom stereocenters. The minimum atomic E-state index is -0.581. The van der Waals surface area contributed by atoms with Crippen molar-refractivity contribution in [3.63, 3.8) is 0 Å². The summed E-state index contributed by atoms with van der Waals surface area (Å²) in [6.07, 6.45) is 3.43. The molecule has 0 N–H and O–H groups in total. The summed E-state index contributed by atoms with van der Waals surface area (Å²) >= 11 is 0. The SMILES string of the molecule is CCOC(=O)c1cn2cc(C(C)(C)C#N)ccc2n1. The van der Waals surface area contributed by atoms with Crippen LogP contribution in [0.5, 0.6) is 0 Å². The average Bonchev–Trinajstić information content (AvgIpc) is 2.81. The molecule has 5 heteroatoms. The summed E-state index contributed by atoms with van der Waals surface area (Å²) in [4.78, 5) is 15.8. The number of ether oxygens (including phenoxy) is 1. The van der Waals surface area contributed by atoms with Gasteiger partial charge in [-0.2, -0.15) is 5.26 Å². The largest absolute Gasteiger partial charge is 0.461 e. The second kappa shape index (κ2) is 4.73. The van der Waals surface area contributed by atoms with E-state index in [9.17, 15) is 4.79 Å². The molecule has 0 bridgehead atoms. The molecule has 19 heavy (non-hydrogen) atoms. The van der Waals surface area contributed by atoms with Gasteiger partial charge in [-0.15, -0.1) is 0 Å². The monoisotopic (exact) mass is 257 g/mol. The van der Waals surface area contributed by atoms with Gasteiger partial charge in [0.15, 0.2) is 5.69 Å². The minimum absolute atomic E-state index is 0.272. The highest BCUT2D eigenvalue weighted by Crippen LogP contribution is 2.22. The van der Waals surface area contributed by atoms with Gasteiger partial charge in [0.2, 0.25) is 0 Å². The van der Waals surface area contributed by atoms with Gasteiger partial charge in [0.05, 0.1) is 18.1 Å². The van der Waals surface area contributed by atoms with Crippen LogP contribution in [0.3, 0.4) is 0 Å². The predicted molar refractivity (Wildman–Crippen MR) is 69.8 cm³/mol. The number of pyridine rings is 1. The van der Waals surface area contributed by atoms with Gasteiger partial charge in [0, 0.05) is 12.4 Å². The van der Waals surface area contributed by atoms with Crippen LogP contribution >= 0.6 is 0 Å². The van der Waals surface area contributed by atoms with Gasteiger partial charge in [-0.1, -0.05) is 6.07 Å². The molecular formula is C14H15N3O2. The molecule has 0 saturated heterocycles. The number of carbonyl (C=O) groups excluding carboxylic acids is 1. The summed E-state index contributed by atoms with van der Waals surface area (Å²) in [6, 6.07) is 5.88. The minimum Gasteiger partial charge on any atom is -0.461 e. The number of aromatic nitrogens is 2. The normalized spacial score (nSPS) is 11.3. The quantitative estimate of drug-likeness (QED) is 0.791. The molecule has 0 amide bonds. The van der Waals surface area contributed by atoms with Crippen LogP contribution in [-0.4, -0.2) is 22.0 Å². The van der Waals surface area contributed by atoms with Gasteiger partial charge >= 0.3 is 5.97 Å². The summed E-state index contributed by atoms with van der Waals surface area (Å²) in [6.45, 7) is 5.76. The average molecular weight is 257 g/mol. The van der Waals surface area contributed by atoms with Crippen molar-refractivity contribution in [2.24, 2.45) is 0 Å². The van der Waals surface area contributed by atoms with Crippen molar-refractivity contribution in [2.75, 3.05) is 6.61 Å². The van der Waals surface area contributed by atoms with E-state index < -0.39 is 11.4 Å². The van der Waals surface area contributed by atoms with Crippen molar-refractivity contribution in [3.05, 3.63) is 35.8 Å². The highest BCUT2D eigenvalue weighted by Gasteiger charge is 2.21. The number of esters is 1. The van der Waals surface area contributed by atoms with Crippen molar-refractivity contribution in [3.8, 4) is 6.07 Å². The number of imidazole rings is 1. The number of nitriles is 1. The lowest BCUT2D eigenvalue weighted by molar-refractivity contribution is 0.0520. The molecule has 0 aliphatic carbocycles. The van der Waals surface area contributed by atoms with Gasteiger partial charge in [-0.25, -0.2) is 9.78 Å². The number of rotatable bonds is 3. The summed E-state index contributed by atoms with van der Waals surface area (Å²) in [5.41, 5.74) is 1.22. The number of hydrogen-bond acceptors (Lipinski definition) is 4. The molecule has 0 saturated carbocycles. The second-order valence-electron chi connectivity index (χ2n) is 4.77. The van der Waals surface area contributed by atoms with Crippen LogP contribution in [0.15, 0.2) is 24.5 Å². The molecule has 0 aliphatic rings. The van der Waals surface area contributed by atoms with Gasteiger partial charge in [0.1, 0.15) is 5.65 Å². The summed E-state index contributed by atoms with van der Waals surface area (Å²) in [7, 11) is 0. The van der Waals surface area contributed by atoms with E-state index in [-0.39, 0.29) is 5.69 Å². The van der Waals surface area contributed by atoms with Crippen molar-refractivity contribution < 1.29 is 9.53 Å². The second-order valence-corrected chi connectivity index (χ2v) is 4.77. The predicted octanol–water partition coefficient (Wildman–Crippen LogP) is 2.31. The fourth-order valence-corrected chi connectivity index (χ4v) is 1.73. The Hall–Kier alpha value is -2.35. The summed E-state index contributed by atoms with van der Waals surface area (Å²) in [5.74, 6) is -0.438.